The number of terminal acetylenes is 1. The number of halogens is 2. The number of hydrogen-bond donors (Lipinski definition) is 0. The Balaban J connectivity index is 2.81. The van der Waals surface area contributed by atoms with Gasteiger partial charge < -0.3 is 9.47 Å². The van der Waals surface area contributed by atoms with Crippen LogP contribution in [0.25, 0.3) is 0 Å². The smallest absolute Gasteiger partial charge is 0.173 e. The molecule has 0 N–H and O–H groups in total. The zero-order chi connectivity index (χ0) is 13.6. The first-order valence-electron chi connectivity index (χ1n) is 6.14. The summed E-state index contributed by atoms with van der Waals surface area (Å²) in [4.78, 5) is 0. The van der Waals surface area contributed by atoms with Gasteiger partial charge in [-0.3, -0.25) is 0 Å². The standard InChI is InChI=1S/C14H20Br2O2/c1-4-9-18-13(17-3)14(16)8-6-5-7-12(14)10-11(2)15/h1,12-13H,2,5-10H2,3H3/t12-,13+,14+/m1/s1. The summed E-state index contributed by atoms with van der Waals surface area (Å²) >= 11 is 7.32. The fourth-order valence-electron chi connectivity index (χ4n) is 2.61. The van der Waals surface area contributed by atoms with Gasteiger partial charge in [-0.25, -0.2) is 0 Å². The van der Waals surface area contributed by atoms with Gasteiger partial charge in [0.2, 0.25) is 0 Å². The van der Waals surface area contributed by atoms with Gasteiger partial charge in [-0.2, -0.15) is 0 Å². The number of hydrogen-bond acceptors (Lipinski definition) is 2. The van der Waals surface area contributed by atoms with E-state index in [1.54, 1.807) is 7.11 Å². The van der Waals surface area contributed by atoms with Crippen LogP contribution >= 0.6 is 31.9 Å². The summed E-state index contributed by atoms with van der Waals surface area (Å²) in [6.07, 6.45) is 10.5. The molecule has 0 aliphatic heterocycles. The predicted octanol–water partition coefficient (Wildman–Crippen LogP) is 4.23. The average Bonchev–Trinajstić information content (AvgIpc) is 2.33. The maximum absolute atomic E-state index is 5.64. The number of ether oxygens (including phenoxy) is 2. The lowest BCUT2D eigenvalue weighted by atomic mass is 9.76. The van der Waals surface area contributed by atoms with Crippen molar-refractivity contribution in [2.45, 2.75) is 42.7 Å². The van der Waals surface area contributed by atoms with Gasteiger partial charge in [0.15, 0.2) is 6.29 Å². The van der Waals surface area contributed by atoms with Gasteiger partial charge in [0.1, 0.15) is 6.61 Å². The topological polar surface area (TPSA) is 18.5 Å². The van der Waals surface area contributed by atoms with Crippen molar-refractivity contribution in [3.63, 3.8) is 0 Å². The SMILES string of the molecule is C#CCO[C@H](OC)[C@]1(Br)CCCC[C@@H]1CC(=C)Br. The fraction of sp³-hybridized carbons (Fsp3) is 0.714. The van der Waals surface area contributed by atoms with E-state index in [9.17, 15) is 0 Å². The van der Waals surface area contributed by atoms with Crippen molar-refractivity contribution in [1.29, 1.82) is 0 Å². The highest BCUT2D eigenvalue weighted by molar-refractivity contribution is 9.11. The summed E-state index contributed by atoms with van der Waals surface area (Å²) in [5, 5.41) is 0. The molecule has 1 rings (SSSR count). The molecule has 0 aromatic rings. The first kappa shape index (κ1) is 16.2. The van der Waals surface area contributed by atoms with Crippen molar-refractivity contribution in [3.8, 4) is 12.3 Å². The zero-order valence-corrected chi connectivity index (χ0v) is 13.9. The second kappa shape index (κ2) is 7.69. The second-order valence-corrected chi connectivity index (χ2v) is 7.27. The molecule has 1 saturated carbocycles. The van der Waals surface area contributed by atoms with E-state index in [2.05, 4.69) is 44.4 Å². The van der Waals surface area contributed by atoms with Crippen LogP contribution in [0.5, 0.6) is 0 Å². The van der Waals surface area contributed by atoms with Crippen LogP contribution in [-0.4, -0.2) is 24.3 Å². The van der Waals surface area contributed by atoms with Crippen LogP contribution in [0, 0.1) is 18.3 Å². The van der Waals surface area contributed by atoms with E-state index in [0.29, 0.717) is 5.92 Å². The molecule has 0 bridgehead atoms. The number of alkyl halides is 1. The maximum atomic E-state index is 5.64. The van der Waals surface area contributed by atoms with E-state index in [1.165, 1.54) is 12.8 Å². The van der Waals surface area contributed by atoms with E-state index in [4.69, 9.17) is 15.9 Å². The number of methoxy groups -OCH3 is 1. The van der Waals surface area contributed by atoms with Crippen LogP contribution in [0.4, 0.5) is 0 Å². The molecular weight excluding hydrogens is 360 g/mol. The van der Waals surface area contributed by atoms with Gasteiger partial charge in [-0.15, -0.1) is 6.42 Å². The summed E-state index contributed by atoms with van der Waals surface area (Å²) in [5.74, 6) is 2.94. The van der Waals surface area contributed by atoms with E-state index < -0.39 is 0 Å². The number of rotatable bonds is 6. The molecule has 0 aromatic carbocycles. The van der Waals surface area contributed by atoms with Crippen LogP contribution in [0.1, 0.15) is 32.1 Å². The molecule has 0 spiro atoms. The van der Waals surface area contributed by atoms with E-state index in [0.717, 1.165) is 23.7 Å². The quantitative estimate of drug-likeness (QED) is 0.390. The summed E-state index contributed by atoms with van der Waals surface area (Å²) in [6.45, 7) is 4.22. The summed E-state index contributed by atoms with van der Waals surface area (Å²) in [7, 11) is 1.67. The van der Waals surface area contributed by atoms with E-state index in [1.807, 2.05) is 0 Å². The average molecular weight is 380 g/mol. The summed E-state index contributed by atoms with van der Waals surface area (Å²) < 4.78 is 12.0. The van der Waals surface area contributed by atoms with Crippen molar-refractivity contribution < 1.29 is 9.47 Å². The molecule has 1 aliphatic rings. The lowest BCUT2D eigenvalue weighted by molar-refractivity contribution is -0.149. The van der Waals surface area contributed by atoms with Crippen LogP contribution < -0.4 is 0 Å². The molecule has 0 amide bonds. The lowest BCUT2D eigenvalue weighted by Crippen LogP contribution is -2.48. The zero-order valence-electron chi connectivity index (χ0n) is 10.8. The molecule has 18 heavy (non-hydrogen) atoms. The Morgan fingerprint density at radius 1 is 1.61 bits per heavy atom. The number of allylic oxidation sites excluding steroid dienone is 1. The van der Waals surface area contributed by atoms with Crippen LogP contribution in [-0.2, 0) is 9.47 Å². The molecule has 4 heteroatoms. The highest BCUT2D eigenvalue weighted by atomic mass is 79.9. The highest BCUT2D eigenvalue weighted by Gasteiger charge is 2.45. The fourth-order valence-corrected chi connectivity index (χ4v) is 3.99. The third kappa shape index (κ3) is 4.09. The van der Waals surface area contributed by atoms with Crippen molar-refractivity contribution in [1.82, 2.24) is 0 Å². The van der Waals surface area contributed by atoms with Crippen molar-refractivity contribution in [3.05, 3.63) is 11.1 Å². The molecule has 2 nitrogen and oxygen atoms in total. The Labute approximate surface area is 127 Å². The van der Waals surface area contributed by atoms with Gasteiger partial charge in [-0.1, -0.05) is 57.2 Å². The van der Waals surface area contributed by atoms with Crippen molar-refractivity contribution in [2.24, 2.45) is 5.92 Å². The minimum atomic E-state index is -0.314. The maximum Gasteiger partial charge on any atom is 0.173 e. The minimum absolute atomic E-state index is 0.173. The van der Waals surface area contributed by atoms with E-state index in [-0.39, 0.29) is 17.2 Å². The van der Waals surface area contributed by atoms with E-state index >= 15 is 0 Å². The summed E-state index contributed by atoms with van der Waals surface area (Å²) in [5.41, 5.74) is 0. The molecule has 0 unspecified atom stereocenters. The van der Waals surface area contributed by atoms with Crippen LogP contribution in [0.3, 0.4) is 0 Å². The van der Waals surface area contributed by atoms with Crippen molar-refractivity contribution >= 4 is 31.9 Å². The van der Waals surface area contributed by atoms with Crippen LogP contribution in [0.2, 0.25) is 0 Å². The molecule has 1 aliphatic carbocycles. The third-order valence-corrected chi connectivity index (χ3v) is 5.17. The van der Waals surface area contributed by atoms with Gasteiger partial charge in [0.25, 0.3) is 0 Å². The molecule has 0 saturated heterocycles. The molecule has 0 heterocycles. The van der Waals surface area contributed by atoms with Gasteiger partial charge in [-0.05, 0) is 29.7 Å². The molecular formula is C14H20Br2O2. The normalized spacial score (nSPS) is 29.6. The molecule has 102 valence electrons. The Kier molecular flexibility index (Phi) is 6.94. The molecule has 0 aromatic heterocycles. The Morgan fingerprint density at radius 3 is 2.89 bits per heavy atom. The highest BCUT2D eigenvalue weighted by Crippen LogP contribution is 2.47. The predicted molar refractivity (Wildman–Crippen MR) is 81.9 cm³/mol. The monoisotopic (exact) mass is 378 g/mol. The molecule has 1 fully saturated rings. The van der Waals surface area contributed by atoms with Gasteiger partial charge in [0, 0.05) is 7.11 Å². The first-order valence-corrected chi connectivity index (χ1v) is 7.73. The molecule has 3 atom stereocenters. The minimum Gasteiger partial charge on any atom is -0.354 e. The second-order valence-electron chi connectivity index (χ2n) is 4.67. The third-order valence-electron chi connectivity index (χ3n) is 3.43. The van der Waals surface area contributed by atoms with Gasteiger partial charge in [0.05, 0.1) is 4.32 Å². The Bertz CT molecular complexity index is 324. The van der Waals surface area contributed by atoms with Crippen LogP contribution in [0.15, 0.2) is 11.1 Å². The largest absolute Gasteiger partial charge is 0.354 e. The first-order chi connectivity index (χ1) is 8.54. The summed E-state index contributed by atoms with van der Waals surface area (Å²) in [6, 6.07) is 0. The lowest BCUT2D eigenvalue weighted by Gasteiger charge is -2.43. The Morgan fingerprint density at radius 2 is 2.33 bits per heavy atom. The van der Waals surface area contributed by atoms with Crippen molar-refractivity contribution in [2.75, 3.05) is 13.7 Å². The molecule has 0 radical (unpaired) electrons. The Hall–Kier alpha value is 0.180. The van der Waals surface area contributed by atoms with Gasteiger partial charge >= 0.3 is 0 Å².